The minimum Gasteiger partial charge on any atom is -0.361 e. The molecule has 0 spiro atoms. The highest BCUT2D eigenvalue weighted by molar-refractivity contribution is 5.83. The third-order valence-corrected chi connectivity index (χ3v) is 3.98. The standard InChI is InChI=1S/C16H20N2O/c1-11-9-15(11)18-16(19)8-4-5-12-10-17-14-7-3-2-6-13(12)14/h2-3,6-7,10-11,15,17H,4-5,8-9H2,1H3,(H,18,19). The number of benzene rings is 1. The number of aryl methyl sites for hydroxylation is 1. The number of carbonyl (C=O) groups excluding carboxylic acids is 1. The van der Waals surface area contributed by atoms with Gasteiger partial charge < -0.3 is 10.3 Å². The largest absolute Gasteiger partial charge is 0.361 e. The van der Waals surface area contributed by atoms with Crippen molar-refractivity contribution >= 4 is 16.8 Å². The molecule has 1 aromatic carbocycles. The summed E-state index contributed by atoms with van der Waals surface area (Å²) >= 11 is 0. The molecule has 0 bridgehead atoms. The predicted molar refractivity (Wildman–Crippen MR) is 76.9 cm³/mol. The van der Waals surface area contributed by atoms with Crippen LogP contribution in [0.15, 0.2) is 30.5 Å². The maximum atomic E-state index is 11.7. The van der Waals surface area contributed by atoms with Gasteiger partial charge in [0.05, 0.1) is 0 Å². The fraction of sp³-hybridized carbons (Fsp3) is 0.438. The van der Waals surface area contributed by atoms with E-state index in [0.717, 1.165) is 19.3 Å². The molecular formula is C16H20N2O. The first-order valence-electron chi connectivity index (χ1n) is 7.08. The number of aromatic amines is 1. The molecule has 2 unspecified atom stereocenters. The summed E-state index contributed by atoms with van der Waals surface area (Å²) in [5, 5.41) is 4.35. The van der Waals surface area contributed by atoms with Crippen LogP contribution in [-0.2, 0) is 11.2 Å². The molecule has 1 aromatic heterocycles. The Hall–Kier alpha value is -1.77. The second kappa shape index (κ2) is 5.08. The van der Waals surface area contributed by atoms with Gasteiger partial charge in [0.1, 0.15) is 0 Å². The van der Waals surface area contributed by atoms with Crippen molar-refractivity contribution in [2.75, 3.05) is 0 Å². The Kier molecular flexibility index (Phi) is 3.28. The maximum Gasteiger partial charge on any atom is 0.220 e. The van der Waals surface area contributed by atoms with Crippen LogP contribution < -0.4 is 5.32 Å². The summed E-state index contributed by atoms with van der Waals surface area (Å²) in [6.45, 7) is 2.18. The molecule has 2 aromatic rings. The Morgan fingerprint density at radius 3 is 3.00 bits per heavy atom. The van der Waals surface area contributed by atoms with E-state index in [1.807, 2.05) is 6.07 Å². The lowest BCUT2D eigenvalue weighted by Gasteiger charge is -2.03. The number of amides is 1. The normalized spacial score (nSPS) is 21.5. The molecule has 3 rings (SSSR count). The minimum absolute atomic E-state index is 0.203. The number of rotatable bonds is 5. The summed E-state index contributed by atoms with van der Waals surface area (Å²) in [5.41, 5.74) is 2.48. The molecule has 0 radical (unpaired) electrons. The fourth-order valence-corrected chi connectivity index (χ4v) is 2.58. The Morgan fingerprint density at radius 2 is 2.21 bits per heavy atom. The van der Waals surface area contributed by atoms with Crippen LogP contribution in [0.1, 0.15) is 31.7 Å². The number of carbonyl (C=O) groups is 1. The molecule has 0 aliphatic heterocycles. The number of aromatic nitrogens is 1. The average molecular weight is 256 g/mol. The van der Waals surface area contributed by atoms with E-state index in [2.05, 4.69) is 41.6 Å². The van der Waals surface area contributed by atoms with E-state index in [4.69, 9.17) is 0 Å². The van der Waals surface area contributed by atoms with E-state index in [0.29, 0.717) is 18.4 Å². The third-order valence-electron chi connectivity index (χ3n) is 3.98. The van der Waals surface area contributed by atoms with Gasteiger partial charge in [-0.25, -0.2) is 0 Å². The Bertz CT molecular complexity index is 587. The molecular weight excluding hydrogens is 236 g/mol. The number of H-pyrrole nitrogens is 1. The van der Waals surface area contributed by atoms with E-state index < -0.39 is 0 Å². The predicted octanol–water partition coefficient (Wildman–Crippen LogP) is 3.02. The molecule has 3 nitrogen and oxygen atoms in total. The molecule has 1 fully saturated rings. The van der Waals surface area contributed by atoms with E-state index in [1.165, 1.54) is 16.5 Å². The van der Waals surface area contributed by atoms with Gasteiger partial charge in [-0.15, -0.1) is 0 Å². The van der Waals surface area contributed by atoms with Gasteiger partial charge in [0.25, 0.3) is 0 Å². The second-order valence-electron chi connectivity index (χ2n) is 5.60. The zero-order chi connectivity index (χ0) is 13.2. The Balaban J connectivity index is 1.50. The van der Waals surface area contributed by atoms with Crippen molar-refractivity contribution in [2.45, 2.75) is 38.6 Å². The molecule has 3 heteroatoms. The zero-order valence-corrected chi connectivity index (χ0v) is 11.3. The average Bonchev–Trinajstić information content (AvgIpc) is 2.94. The first-order chi connectivity index (χ1) is 9.24. The van der Waals surface area contributed by atoms with Crippen LogP contribution in [0.5, 0.6) is 0 Å². The Morgan fingerprint density at radius 1 is 1.42 bits per heavy atom. The Labute approximate surface area is 113 Å². The van der Waals surface area contributed by atoms with Crippen molar-refractivity contribution < 1.29 is 4.79 Å². The molecule has 1 amide bonds. The van der Waals surface area contributed by atoms with Gasteiger partial charge in [-0.1, -0.05) is 25.1 Å². The summed E-state index contributed by atoms with van der Waals surface area (Å²) in [4.78, 5) is 15.0. The summed E-state index contributed by atoms with van der Waals surface area (Å²) < 4.78 is 0. The lowest BCUT2D eigenvalue weighted by Crippen LogP contribution is -2.26. The summed E-state index contributed by atoms with van der Waals surface area (Å²) in [6, 6.07) is 8.75. The molecule has 1 saturated carbocycles. The van der Waals surface area contributed by atoms with Crippen LogP contribution in [0.3, 0.4) is 0 Å². The van der Waals surface area contributed by atoms with Crippen LogP contribution in [0, 0.1) is 5.92 Å². The maximum absolute atomic E-state index is 11.7. The summed E-state index contributed by atoms with van der Waals surface area (Å²) in [5.74, 6) is 0.881. The van der Waals surface area contributed by atoms with Gasteiger partial charge >= 0.3 is 0 Å². The molecule has 2 atom stereocenters. The number of hydrogen-bond donors (Lipinski definition) is 2. The summed E-state index contributed by atoms with van der Waals surface area (Å²) in [6.07, 6.45) is 5.70. The van der Waals surface area contributed by atoms with Gasteiger partial charge in [0, 0.05) is 29.6 Å². The SMILES string of the molecule is CC1CC1NC(=O)CCCc1c[nH]c2ccccc12. The molecule has 1 aliphatic rings. The van der Waals surface area contributed by atoms with Crippen molar-refractivity contribution in [2.24, 2.45) is 5.92 Å². The number of nitrogens with one attached hydrogen (secondary N) is 2. The molecule has 0 saturated heterocycles. The second-order valence-corrected chi connectivity index (χ2v) is 5.60. The van der Waals surface area contributed by atoms with Gasteiger partial charge in [-0.2, -0.15) is 0 Å². The van der Waals surface area contributed by atoms with E-state index in [-0.39, 0.29) is 5.91 Å². The minimum atomic E-state index is 0.203. The summed E-state index contributed by atoms with van der Waals surface area (Å²) in [7, 11) is 0. The number of hydrogen-bond acceptors (Lipinski definition) is 1. The first-order valence-corrected chi connectivity index (χ1v) is 7.08. The van der Waals surface area contributed by atoms with Gasteiger partial charge in [0.2, 0.25) is 5.91 Å². The smallest absolute Gasteiger partial charge is 0.220 e. The topological polar surface area (TPSA) is 44.9 Å². The van der Waals surface area contributed by atoms with Gasteiger partial charge in [0.15, 0.2) is 0 Å². The molecule has 1 aliphatic carbocycles. The van der Waals surface area contributed by atoms with Gasteiger partial charge in [-0.3, -0.25) is 4.79 Å². The first kappa shape index (κ1) is 12.3. The highest BCUT2D eigenvalue weighted by Gasteiger charge is 2.33. The highest BCUT2D eigenvalue weighted by atomic mass is 16.1. The van der Waals surface area contributed by atoms with Crippen molar-refractivity contribution in [1.82, 2.24) is 10.3 Å². The monoisotopic (exact) mass is 256 g/mol. The van der Waals surface area contributed by atoms with Crippen LogP contribution in [0.2, 0.25) is 0 Å². The zero-order valence-electron chi connectivity index (χ0n) is 11.3. The van der Waals surface area contributed by atoms with Crippen molar-refractivity contribution in [3.63, 3.8) is 0 Å². The van der Waals surface area contributed by atoms with Crippen molar-refractivity contribution in [1.29, 1.82) is 0 Å². The lowest BCUT2D eigenvalue weighted by atomic mass is 10.1. The van der Waals surface area contributed by atoms with E-state index >= 15 is 0 Å². The van der Waals surface area contributed by atoms with Crippen molar-refractivity contribution in [3.05, 3.63) is 36.0 Å². The number of fused-ring (bicyclic) bond motifs is 1. The third kappa shape index (κ3) is 2.80. The molecule has 100 valence electrons. The fourth-order valence-electron chi connectivity index (χ4n) is 2.58. The van der Waals surface area contributed by atoms with Crippen LogP contribution in [-0.4, -0.2) is 16.9 Å². The highest BCUT2D eigenvalue weighted by Crippen LogP contribution is 2.29. The van der Waals surface area contributed by atoms with Crippen LogP contribution in [0.4, 0.5) is 0 Å². The lowest BCUT2D eigenvalue weighted by molar-refractivity contribution is -0.121. The van der Waals surface area contributed by atoms with Crippen molar-refractivity contribution in [3.8, 4) is 0 Å². The van der Waals surface area contributed by atoms with Crippen LogP contribution >= 0.6 is 0 Å². The van der Waals surface area contributed by atoms with Crippen LogP contribution in [0.25, 0.3) is 10.9 Å². The van der Waals surface area contributed by atoms with Gasteiger partial charge in [-0.05, 0) is 36.8 Å². The number of para-hydroxylation sites is 1. The molecule has 2 N–H and O–H groups in total. The van der Waals surface area contributed by atoms with E-state index in [1.54, 1.807) is 0 Å². The molecule has 1 heterocycles. The quantitative estimate of drug-likeness (QED) is 0.848. The van der Waals surface area contributed by atoms with E-state index in [9.17, 15) is 4.79 Å². The molecule has 19 heavy (non-hydrogen) atoms.